The standard InChI is InChI=1S/C17H24N2O2/c1-12-6-5-9-15(13(12)2)19-17(21)16(20)18-11-10-14-7-3-4-8-14/h5-6,9,14H,3-4,7-8,10-11H2,1-2H3,(H,18,20)(H,19,21). The minimum absolute atomic E-state index is 0.547. The van der Waals surface area contributed by atoms with Gasteiger partial charge in [0.15, 0.2) is 0 Å². The summed E-state index contributed by atoms with van der Waals surface area (Å²) in [6.45, 7) is 4.50. The van der Waals surface area contributed by atoms with E-state index in [4.69, 9.17) is 0 Å². The fourth-order valence-electron chi connectivity index (χ4n) is 2.83. The molecule has 0 heterocycles. The number of carbonyl (C=O) groups is 2. The molecule has 0 spiro atoms. The number of rotatable bonds is 4. The van der Waals surface area contributed by atoms with Crippen LogP contribution in [-0.4, -0.2) is 18.4 Å². The van der Waals surface area contributed by atoms with Crippen LogP contribution in [0.1, 0.15) is 43.2 Å². The zero-order valence-electron chi connectivity index (χ0n) is 12.9. The van der Waals surface area contributed by atoms with Gasteiger partial charge >= 0.3 is 11.8 Å². The molecule has 2 amide bonds. The van der Waals surface area contributed by atoms with Crippen LogP contribution in [0.4, 0.5) is 5.69 Å². The van der Waals surface area contributed by atoms with Crippen molar-refractivity contribution in [3.63, 3.8) is 0 Å². The van der Waals surface area contributed by atoms with Crippen molar-refractivity contribution in [1.82, 2.24) is 5.32 Å². The average Bonchev–Trinajstić information content (AvgIpc) is 2.97. The van der Waals surface area contributed by atoms with Gasteiger partial charge in [0.2, 0.25) is 0 Å². The lowest BCUT2D eigenvalue weighted by Crippen LogP contribution is -2.36. The molecule has 2 N–H and O–H groups in total. The highest BCUT2D eigenvalue weighted by Crippen LogP contribution is 2.26. The number of carbonyl (C=O) groups excluding carboxylic acids is 2. The SMILES string of the molecule is Cc1cccc(NC(=O)C(=O)NCCC2CCCC2)c1C. The Bertz CT molecular complexity index is 520. The molecule has 2 rings (SSSR count). The second-order valence-electron chi connectivity index (χ2n) is 5.90. The van der Waals surface area contributed by atoms with Gasteiger partial charge in [-0.3, -0.25) is 9.59 Å². The Morgan fingerprint density at radius 1 is 1.14 bits per heavy atom. The minimum atomic E-state index is -0.588. The highest BCUT2D eigenvalue weighted by molar-refractivity contribution is 6.39. The van der Waals surface area contributed by atoms with Crippen molar-refractivity contribution >= 4 is 17.5 Å². The molecule has 0 atom stereocenters. The van der Waals surface area contributed by atoms with Crippen LogP contribution in [0.5, 0.6) is 0 Å². The first kappa shape index (κ1) is 15.5. The highest BCUT2D eigenvalue weighted by atomic mass is 16.2. The average molecular weight is 288 g/mol. The molecule has 0 unspecified atom stereocenters. The number of hydrogen-bond donors (Lipinski definition) is 2. The smallest absolute Gasteiger partial charge is 0.313 e. The van der Waals surface area contributed by atoms with Crippen LogP contribution >= 0.6 is 0 Å². The van der Waals surface area contributed by atoms with E-state index in [2.05, 4.69) is 10.6 Å². The summed E-state index contributed by atoms with van der Waals surface area (Å²) in [6.07, 6.45) is 6.08. The highest BCUT2D eigenvalue weighted by Gasteiger charge is 2.17. The zero-order chi connectivity index (χ0) is 15.2. The number of amides is 2. The Morgan fingerprint density at radius 2 is 1.86 bits per heavy atom. The van der Waals surface area contributed by atoms with E-state index in [0.29, 0.717) is 18.2 Å². The molecule has 1 aliphatic rings. The molecule has 21 heavy (non-hydrogen) atoms. The van der Waals surface area contributed by atoms with Crippen molar-refractivity contribution < 1.29 is 9.59 Å². The third-order valence-corrected chi connectivity index (χ3v) is 4.37. The van der Waals surface area contributed by atoms with Crippen LogP contribution in [0.3, 0.4) is 0 Å². The van der Waals surface area contributed by atoms with Gasteiger partial charge in [-0.2, -0.15) is 0 Å². The van der Waals surface area contributed by atoms with E-state index < -0.39 is 11.8 Å². The quantitative estimate of drug-likeness (QED) is 0.837. The van der Waals surface area contributed by atoms with E-state index in [1.807, 2.05) is 32.0 Å². The lowest BCUT2D eigenvalue weighted by Gasteiger charge is -2.11. The Hall–Kier alpha value is -1.84. The lowest BCUT2D eigenvalue weighted by molar-refractivity contribution is -0.136. The Morgan fingerprint density at radius 3 is 2.57 bits per heavy atom. The Kier molecular flexibility index (Phi) is 5.37. The molecular formula is C17H24N2O2. The fourth-order valence-corrected chi connectivity index (χ4v) is 2.83. The molecule has 1 aromatic rings. The number of hydrogen-bond acceptors (Lipinski definition) is 2. The first-order chi connectivity index (χ1) is 10.1. The van der Waals surface area contributed by atoms with Crippen molar-refractivity contribution in [2.24, 2.45) is 5.92 Å². The zero-order valence-corrected chi connectivity index (χ0v) is 12.9. The molecule has 0 radical (unpaired) electrons. The van der Waals surface area contributed by atoms with Gasteiger partial charge in [-0.15, -0.1) is 0 Å². The number of nitrogens with one attached hydrogen (secondary N) is 2. The number of aryl methyl sites for hydroxylation is 1. The maximum absolute atomic E-state index is 11.9. The van der Waals surface area contributed by atoms with Crippen molar-refractivity contribution in [1.29, 1.82) is 0 Å². The van der Waals surface area contributed by atoms with E-state index in [1.54, 1.807) is 0 Å². The number of benzene rings is 1. The summed E-state index contributed by atoms with van der Waals surface area (Å²) >= 11 is 0. The van der Waals surface area contributed by atoms with E-state index in [1.165, 1.54) is 25.7 Å². The summed E-state index contributed by atoms with van der Waals surface area (Å²) in [5.74, 6) is -0.420. The van der Waals surface area contributed by atoms with Crippen molar-refractivity contribution in [3.05, 3.63) is 29.3 Å². The first-order valence-electron chi connectivity index (χ1n) is 7.73. The predicted molar refractivity (Wildman–Crippen MR) is 84.1 cm³/mol. The van der Waals surface area contributed by atoms with Crippen molar-refractivity contribution in [2.75, 3.05) is 11.9 Å². The molecule has 4 heteroatoms. The second kappa shape index (κ2) is 7.25. The third-order valence-electron chi connectivity index (χ3n) is 4.37. The maximum atomic E-state index is 11.9. The normalized spacial score (nSPS) is 15.0. The van der Waals surface area contributed by atoms with Crippen LogP contribution in [0.25, 0.3) is 0 Å². The van der Waals surface area contributed by atoms with Crippen LogP contribution in [0.15, 0.2) is 18.2 Å². The summed E-state index contributed by atoms with van der Waals surface area (Å²) in [5, 5.41) is 5.39. The van der Waals surface area contributed by atoms with Gasteiger partial charge in [0, 0.05) is 12.2 Å². The van der Waals surface area contributed by atoms with Gasteiger partial charge in [-0.1, -0.05) is 37.8 Å². The maximum Gasteiger partial charge on any atom is 0.313 e. The molecule has 4 nitrogen and oxygen atoms in total. The van der Waals surface area contributed by atoms with Crippen LogP contribution in [0.2, 0.25) is 0 Å². The molecule has 1 saturated carbocycles. The first-order valence-corrected chi connectivity index (χ1v) is 7.73. The molecule has 1 aliphatic carbocycles. The Balaban J connectivity index is 1.79. The van der Waals surface area contributed by atoms with E-state index in [0.717, 1.165) is 17.5 Å². The monoisotopic (exact) mass is 288 g/mol. The van der Waals surface area contributed by atoms with Crippen molar-refractivity contribution in [2.45, 2.75) is 46.0 Å². The van der Waals surface area contributed by atoms with Crippen LogP contribution in [0, 0.1) is 19.8 Å². The predicted octanol–water partition coefficient (Wildman–Crippen LogP) is 2.94. The molecule has 1 aromatic carbocycles. The van der Waals surface area contributed by atoms with Gasteiger partial charge in [0.25, 0.3) is 0 Å². The fraction of sp³-hybridized carbons (Fsp3) is 0.529. The number of anilines is 1. The van der Waals surface area contributed by atoms with Crippen molar-refractivity contribution in [3.8, 4) is 0 Å². The Labute approximate surface area is 126 Å². The topological polar surface area (TPSA) is 58.2 Å². The molecule has 114 valence electrons. The molecule has 0 bridgehead atoms. The van der Waals surface area contributed by atoms with Gasteiger partial charge in [0.05, 0.1) is 0 Å². The summed E-state index contributed by atoms with van der Waals surface area (Å²) in [4.78, 5) is 23.7. The summed E-state index contributed by atoms with van der Waals surface area (Å²) in [5.41, 5.74) is 2.78. The largest absolute Gasteiger partial charge is 0.348 e. The van der Waals surface area contributed by atoms with Gasteiger partial charge in [-0.05, 0) is 43.4 Å². The molecular weight excluding hydrogens is 264 g/mol. The molecule has 1 fully saturated rings. The lowest BCUT2D eigenvalue weighted by atomic mass is 10.0. The van der Waals surface area contributed by atoms with Gasteiger partial charge in [-0.25, -0.2) is 0 Å². The summed E-state index contributed by atoms with van der Waals surface area (Å²) < 4.78 is 0. The van der Waals surface area contributed by atoms with Gasteiger partial charge < -0.3 is 10.6 Å². The summed E-state index contributed by atoms with van der Waals surface area (Å²) in [7, 11) is 0. The molecule has 0 saturated heterocycles. The molecule has 0 aromatic heterocycles. The van der Waals surface area contributed by atoms with E-state index in [9.17, 15) is 9.59 Å². The molecule has 0 aliphatic heterocycles. The second-order valence-corrected chi connectivity index (χ2v) is 5.90. The minimum Gasteiger partial charge on any atom is -0.348 e. The van der Waals surface area contributed by atoms with Crippen LogP contribution in [-0.2, 0) is 9.59 Å². The summed E-state index contributed by atoms with van der Waals surface area (Å²) in [6, 6.07) is 5.66. The van der Waals surface area contributed by atoms with Crippen LogP contribution < -0.4 is 10.6 Å². The van der Waals surface area contributed by atoms with E-state index in [-0.39, 0.29) is 0 Å². The third kappa shape index (κ3) is 4.31. The van der Waals surface area contributed by atoms with E-state index >= 15 is 0 Å². The van der Waals surface area contributed by atoms with Gasteiger partial charge in [0.1, 0.15) is 0 Å².